The second-order valence-corrected chi connectivity index (χ2v) is 5.50. The van der Waals surface area contributed by atoms with Gasteiger partial charge in [-0.25, -0.2) is 0 Å². The van der Waals surface area contributed by atoms with Gasteiger partial charge in [-0.15, -0.1) is 0 Å². The monoisotopic (exact) mass is 318 g/mol. The van der Waals surface area contributed by atoms with Gasteiger partial charge in [0.05, 0.1) is 19.1 Å². The lowest BCUT2D eigenvalue weighted by Crippen LogP contribution is -2.39. The van der Waals surface area contributed by atoms with Gasteiger partial charge in [0, 0.05) is 30.1 Å². The summed E-state index contributed by atoms with van der Waals surface area (Å²) in [7, 11) is 0. The molecular weight excluding hydrogens is 292 g/mol. The van der Waals surface area contributed by atoms with Gasteiger partial charge in [-0.3, -0.25) is 5.32 Å². The largest absolute Gasteiger partial charge is 0.475 e. The first kappa shape index (κ1) is 17.5. The van der Waals surface area contributed by atoms with Crippen molar-refractivity contribution in [3.63, 3.8) is 0 Å². The first-order valence-electron chi connectivity index (χ1n) is 8.10. The molecule has 0 aliphatic heterocycles. The molecule has 0 saturated heterocycles. The predicted octanol–water partition coefficient (Wildman–Crippen LogP) is 2.62. The first-order chi connectivity index (χ1) is 11.2. The Kier molecular flexibility index (Phi) is 7.13. The van der Waals surface area contributed by atoms with Crippen LogP contribution in [0.15, 0.2) is 47.3 Å². The van der Waals surface area contributed by atoms with E-state index in [1.54, 1.807) is 12.5 Å². The molecule has 0 amide bonds. The van der Waals surface area contributed by atoms with Crippen molar-refractivity contribution in [1.82, 2.24) is 10.6 Å². The zero-order valence-corrected chi connectivity index (χ0v) is 13.8. The fourth-order valence-electron chi connectivity index (χ4n) is 2.33. The van der Waals surface area contributed by atoms with Crippen molar-refractivity contribution in [2.45, 2.75) is 32.5 Å². The quantitative estimate of drug-likeness (QED) is 0.588. The Hall–Kier alpha value is -1.82. The maximum atomic E-state index is 9.06. The third-order valence-corrected chi connectivity index (χ3v) is 3.59. The molecule has 0 bridgehead atoms. The molecule has 1 heterocycles. The van der Waals surface area contributed by atoms with Crippen LogP contribution < -0.4 is 15.4 Å². The van der Waals surface area contributed by atoms with Gasteiger partial charge in [0.1, 0.15) is 5.75 Å². The highest BCUT2D eigenvalue weighted by atomic mass is 16.5. The van der Waals surface area contributed by atoms with E-state index in [0.717, 1.165) is 36.4 Å². The molecule has 2 aromatic rings. The Bertz CT molecular complexity index is 557. The Morgan fingerprint density at radius 3 is 2.74 bits per heavy atom. The number of furan rings is 1. The molecule has 3 N–H and O–H groups in total. The maximum Gasteiger partial charge on any atom is 0.151 e. The van der Waals surface area contributed by atoms with Crippen LogP contribution in [0, 0.1) is 0 Å². The number of para-hydroxylation sites is 1. The highest BCUT2D eigenvalue weighted by molar-refractivity contribution is 5.69. The predicted molar refractivity (Wildman–Crippen MR) is 91.4 cm³/mol. The SMILES string of the molecule is CCNC(CCNC(C)CO)Oc1ccccc1-c1ccoc1. The molecule has 2 atom stereocenters. The number of aliphatic hydroxyl groups excluding tert-OH is 1. The van der Waals surface area contributed by atoms with Crippen LogP contribution in [-0.4, -0.2) is 37.1 Å². The lowest BCUT2D eigenvalue weighted by atomic mass is 10.1. The summed E-state index contributed by atoms with van der Waals surface area (Å²) in [5.74, 6) is 0.829. The van der Waals surface area contributed by atoms with Crippen LogP contribution >= 0.6 is 0 Å². The van der Waals surface area contributed by atoms with E-state index in [-0.39, 0.29) is 18.9 Å². The molecule has 23 heavy (non-hydrogen) atoms. The van der Waals surface area contributed by atoms with Gasteiger partial charge in [0.25, 0.3) is 0 Å². The van der Waals surface area contributed by atoms with E-state index in [4.69, 9.17) is 14.3 Å². The van der Waals surface area contributed by atoms with E-state index in [1.807, 2.05) is 37.3 Å². The van der Waals surface area contributed by atoms with Crippen LogP contribution in [0.5, 0.6) is 5.75 Å². The smallest absolute Gasteiger partial charge is 0.151 e. The Morgan fingerprint density at radius 1 is 1.22 bits per heavy atom. The van der Waals surface area contributed by atoms with E-state index in [9.17, 15) is 0 Å². The summed E-state index contributed by atoms with van der Waals surface area (Å²) in [6, 6.07) is 9.96. The zero-order valence-electron chi connectivity index (χ0n) is 13.8. The van der Waals surface area contributed by atoms with Crippen molar-refractivity contribution in [3.8, 4) is 16.9 Å². The maximum absolute atomic E-state index is 9.06. The molecule has 0 spiro atoms. The third-order valence-electron chi connectivity index (χ3n) is 3.59. The highest BCUT2D eigenvalue weighted by Gasteiger charge is 2.13. The van der Waals surface area contributed by atoms with Crippen LogP contribution in [0.3, 0.4) is 0 Å². The second kappa shape index (κ2) is 9.35. The van der Waals surface area contributed by atoms with E-state index in [0.29, 0.717) is 0 Å². The lowest BCUT2D eigenvalue weighted by molar-refractivity contribution is 0.153. The van der Waals surface area contributed by atoms with Gasteiger partial charge < -0.3 is 19.6 Å². The highest BCUT2D eigenvalue weighted by Crippen LogP contribution is 2.30. The minimum Gasteiger partial charge on any atom is -0.475 e. The number of hydrogen-bond acceptors (Lipinski definition) is 5. The zero-order chi connectivity index (χ0) is 16.5. The molecule has 0 aliphatic carbocycles. The van der Waals surface area contributed by atoms with Gasteiger partial charge in [-0.05, 0) is 25.6 Å². The van der Waals surface area contributed by atoms with Crippen LogP contribution in [0.2, 0.25) is 0 Å². The molecule has 0 radical (unpaired) electrons. The first-order valence-corrected chi connectivity index (χ1v) is 8.10. The van der Waals surface area contributed by atoms with Crippen molar-refractivity contribution < 1.29 is 14.3 Å². The third kappa shape index (κ3) is 5.39. The molecule has 5 heteroatoms. The fourth-order valence-corrected chi connectivity index (χ4v) is 2.33. The van der Waals surface area contributed by atoms with Crippen LogP contribution in [-0.2, 0) is 0 Å². The van der Waals surface area contributed by atoms with Crippen LogP contribution in [0.4, 0.5) is 0 Å². The molecule has 126 valence electrons. The summed E-state index contributed by atoms with van der Waals surface area (Å²) in [5, 5.41) is 15.7. The molecule has 0 aliphatic rings. The summed E-state index contributed by atoms with van der Waals surface area (Å²) < 4.78 is 11.3. The molecule has 1 aromatic carbocycles. The standard InChI is InChI=1S/C18H26N2O3/c1-3-19-18(8-10-20-14(2)12-21)23-17-7-5-4-6-16(17)15-9-11-22-13-15/h4-7,9,11,13-14,18-21H,3,8,10,12H2,1-2H3. The van der Waals surface area contributed by atoms with Gasteiger partial charge in [-0.1, -0.05) is 25.1 Å². The Labute approximate surface area is 137 Å². The molecule has 1 aromatic heterocycles. The van der Waals surface area contributed by atoms with E-state index in [2.05, 4.69) is 17.6 Å². The summed E-state index contributed by atoms with van der Waals surface area (Å²) in [6.45, 7) is 5.75. The normalized spacial score (nSPS) is 13.7. The van der Waals surface area contributed by atoms with E-state index < -0.39 is 0 Å². The summed E-state index contributed by atoms with van der Waals surface area (Å²) in [5.41, 5.74) is 2.02. The number of ether oxygens (including phenoxy) is 1. The van der Waals surface area contributed by atoms with Crippen molar-refractivity contribution in [3.05, 3.63) is 42.9 Å². The number of benzene rings is 1. The molecule has 5 nitrogen and oxygen atoms in total. The molecule has 2 rings (SSSR count). The number of aliphatic hydroxyl groups is 1. The van der Waals surface area contributed by atoms with Crippen molar-refractivity contribution in [2.75, 3.05) is 19.7 Å². The van der Waals surface area contributed by atoms with Gasteiger partial charge in [0.2, 0.25) is 0 Å². The molecular formula is C18H26N2O3. The van der Waals surface area contributed by atoms with Crippen molar-refractivity contribution in [2.24, 2.45) is 0 Å². The minimum absolute atomic E-state index is 0.0913. The average molecular weight is 318 g/mol. The second-order valence-electron chi connectivity index (χ2n) is 5.50. The van der Waals surface area contributed by atoms with E-state index >= 15 is 0 Å². The summed E-state index contributed by atoms with van der Waals surface area (Å²) in [6.07, 6.45) is 4.09. The van der Waals surface area contributed by atoms with Crippen molar-refractivity contribution >= 4 is 0 Å². The van der Waals surface area contributed by atoms with Crippen LogP contribution in [0.25, 0.3) is 11.1 Å². The minimum atomic E-state index is -0.0913. The van der Waals surface area contributed by atoms with Crippen LogP contribution in [0.1, 0.15) is 20.3 Å². The molecule has 0 saturated carbocycles. The summed E-state index contributed by atoms with van der Waals surface area (Å²) in [4.78, 5) is 0. The van der Waals surface area contributed by atoms with Crippen molar-refractivity contribution in [1.29, 1.82) is 0 Å². The van der Waals surface area contributed by atoms with Gasteiger partial charge >= 0.3 is 0 Å². The number of nitrogens with one attached hydrogen (secondary N) is 2. The fraction of sp³-hybridized carbons (Fsp3) is 0.444. The summed E-state index contributed by atoms with van der Waals surface area (Å²) >= 11 is 0. The van der Waals surface area contributed by atoms with Gasteiger partial charge in [0.15, 0.2) is 6.23 Å². The molecule has 0 fully saturated rings. The molecule has 2 unspecified atom stereocenters. The lowest BCUT2D eigenvalue weighted by Gasteiger charge is -2.22. The average Bonchev–Trinajstić information content (AvgIpc) is 3.09. The van der Waals surface area contributed by atoms with E-state index in [1.165, 1.54) is 0 Å². The van der Waals surface area contributed by atoms with Gasteiger partial charge in [-0.2, -0.15) is 0 Å². The number of hydrogen-bond donors (Lipinski definition) is 3. The Balaban J connectivity index is 2.02. The topological polar surface area (TPSA) is 66.7 Å². The Morgan fingerprint density at radius 2 is 2.04 bits per heavy atom. The number of rotatable bonds is 10.